The van der Waals surface area contributed by atoms with Gasteiger partial charge in [0.2, 0.25) is 0 Å². The van der Waals surface area contributed by atoms with Gasteiger partial charge >= 0.3 is 11.9 Å². The molecule has 7 nitrogen and oxygen atoms in total. The maximum absolute atomic E-state index is 12.4. The number of rotatable bonds is 20. The van der Waals surface area contributed by atoms with E-state index in [0.717, 1.165) is 70.6 Å². The van der Waals surface area contributed by atoms with Crippen LogP contribution >= 0.6 is 0 Å². The van der Waals surface area contributed by atoms with E-state index in [-0.39, 0.29) is 54.6 Å². The maximum Gasteiger partial charge on any atom is 0.327 e. The van der Waals surface area contributed by atoms with Gasteiger partial charge in [-0.3, -0.25) is 14.1 Å². The monoisotopic (exact) mass is 501 g/mol. The Kier molecular flexibility index (Phi) is 22.5. The van der Waals surface area contributed by atoms with Crippen molar-refractivity contribution in [1.82, 2.24) is 0 Å². The second-order valence-electron chi connectivity index (χ2n) is 8.77. The van der Waals surface area contributed by atoms with Crippen molar-refractivity contribution in [2.75, 3.05) is 13.2 Å². The molecule has 0 bridgehead atoms. The molecule has 0 saturated heterocycles. The Morgan fingerprint density at radius 2 is 1.21 bits per heavy atom. The van der Waals surface area contributed by atoms with Gasteiger partial charge in [0.15, 0.2) is 5.25 Å². The van der Waals surface area contributed by atoms with Crippen molar-refractivity contribution in [2.45, 2.75) is 116 Å². The molecule has 0 aliphatic heterocycles. The molecule has 0 amide bonds. The largest absolute Gasteiger partial charge is 0.465 e. The summed E-state index contributed by atoms with van der Waals surface area (Å²) in [4.78, 5) is 24.5. The minimum atomic E-state index is -4.78. The van der Waals surface area contributed by atoms with E-state index in [4.69, 9.17) is 9.47 Å². The first-order chi connectivity index (χ1) is 15.2. The van der Waals surface area contributed by atoms with E-state index in [1.807, 2.05) is 13.8 Å². The van der Waals surface area contributed by atoms with Gasteiger partial charge in [-0.1, -0.05) is 91.9 Å². The molecule has 0 fully saturated rings. The van der Waals surface area contributed by atoms with Crippen molar-refractivity contribution in [3.63, 3.8) is 0 Å². The summed E-state index contributed by atoms with van der Waals surface area (Å²) >= 11 is 0. The Morgan fingerprint density at radius 3 is 1.61 bits per heavy atom. The second kappa shape index (κ2) is 21.2. The molecule has 0 aromatic carbocycles. The number of esters is 2. The number of ether oxygens (including phenoxy) is 2. The zero-order valence-corrected chi connectivity index (χ0v) is 24.5. The Labute approximate surface area is 224 Å². The Hall–Kier alpha value is -0.150. The third-order valence-corrected chi connectivity index (χ3v) is 7.08. The zero-order valence-electron chi connectivity index (χ0n) is 21.6. The standard InChI is InChI=1S/C24H46O7S.Na/c1-5-9-11-13-15-20(7-3)18-30-23(25)17-22(32(27,28)29)24(26)31-19-21(8-4)16-14-12-10-6-2;/h20-22H,5-19H2,1-4H3,(H,27,28,29);. The molecular formula is C24H46NaO7S. The van der Waals surface area contributed by atoms with E-state index < -0.39 is 33.7 Å². The topological polar surface area (TPSA) is 107 Å². The summed E-state index contributed by atoms with van der Waals surface area (Å²) in [5.41, 5.74) is 0. The van der Waals surface area contributed by atoms with Gasteiger partial charge in [-0.2, -0.15) is 8.42 Å². The predicted octanol–water partition coefficient (Wildman–Crippen LogP) is 5.33. The van der Waals surface area contributed by atoms with Crippen LogP contribution in [0.25, 0.3) is 0 Å². The molecular weight excluding hydrogens is 455 g/mol. The first kappa shape index (κ1) is 35.0. The molecule has 0 aromatic rings. The third-order valence-electron chi connectivity index (χ3n) is 6.00. The van der Waals surface area contributed by atoms with E-state index in [1.165, 1.54) is 6.42 Å². The van der Waals surface area contributed by atoms with E-state index in [9.17, 15) is 22.6 Å². The smallest absolute Gasteiger partial charge is 0.327 e. The molecule has 0 aliphatic rings. The van der Waals surface area contributed by atoms with Gasteiger partial charge < -0.3 is 9.47 Å². The SMILES string of the molecule is CCCCCCC(CC)COC(=O)CC(C(=O)OCC(CC)CCCCCC)S(=O)(=O)O.[Na]. The predicted molar refractivity (Wildman–Crippen MR) is 133 cm³/mol. The van der Waals surface area contributed by atoms with Crippen LogP contribution in [0.1, 0.15) is 111 Å². The Morgan fingerprint density at radius 1 is 0.758 bits per heavy atom. The van der Waals surface area contributed by atoms with Gasteiger partial charge in [-0.25, -0.2) is 0 Å². The number of hydrogen-bond donors (Lipinski definition) is 1. The molecule has 33 heavy (non-hydrogen) atoms. The molecule has 0 saturated carbocycles. The fourth-order valence-electron chi connectivity index (χ4n) is 3.55. The zero-order chi connectivity index (χ0) is 24.4. The van der Waals surface area contributed by atoms with Crippen molar-refractivity contribution < 1.29 is 32.0 Å². The van der Waals surface area contributed by atoms with Crippen LogP contribution in [0.5, 0.6) is 0 Å². The average molecular weight is 502 g/mol. The van der Waals surface area contributed by atoms with Crippen molar-refractivity contribution >= 4 is 51.6 Å². The summed E-state index contributed by atoms with van der Waals surface area (Å²) in [5.74, 6) is -1.58. The number of carbonyl (C=O) groups is 2. The van der Waals surface area contributed by atoms with Crippen molar-refractivity contribution in [3.8, 4) is 0 Å². The molecule has 0 heterocycles. The fraction of sp³-hybridized carbons (Fsp3) is 0.917. The fourth-order valence-corrected chi connectivity index (χ4v) is 4.21. The average Bonchev–Trinajstić information content (AvgIpc) is 2.75. The van der Waals surface area contributed by atoms with Crippen LogP contribution in [0.3, 0.4) is 0 Å². The van der Waals surface area contributed by atoms with Crippen LogP contribution in [0, 0.1) is 11.8 Å². The van der Waals surface area contributed by atoms with Gasteiger partial charge in [0.05, 0.1) is 19.6 Å². The Balaban J connectivity index is 0. The van der Waals surface area contributed by atoms with E-state index in [2.05, 4.69) is 13.8 Å². The summed E-state index contributed by atoms with van der Waals surface area (Å²) in [6.45, 7) is 8.55. The molecule has 3 atom stereocenters. The summed E-state index contributed by atoms with van der Waals surface area (Å²) in [6, 6.07) is 0. The number of unbranched alkanes of at least 4 members (excludes halogenated alkanes) is 6. The van der Waals surface area contributed by atoms with Crippen molar-refractivity contribution in [3.05, 3.63) is 0 Å². The molecule has 191 valence electrons. The molecule has 1 radical (unpaired) electrons. The summed E-state index contributed by atoms with van der Waals surface area (Å²) in [6.07, 6.45) is 11.7. The van der Waals surface area contributed by atoms with Crippen LogP contribution in [0.15, 0.2) is 0 Å². The molecule has 0 aromatic heterocycles. The summed E-state index contributed by atoms with van der Waals surface area (Å²) < 4.78 is 43.3. The molecule has 0 aliphatic carbocycles. The summed E-state index contributed by atoms with van der Waals surface area (Å²) in [7, 11) is -4.78. The van der Waals surface area contributed by atoms with E-state index >= 15 is 0 Å². The first-order valence-corrected chi connectivity index (χ1v) is 14.0. The van der Waals surface area contributed by atoms with Crippen LogP contribution in [0.2, 0.25) is 0 Å². The van der Waals surface area contributed by atoms with Gasteiger partial charge in [0.25, 0.3) is 10.1 Å². The van der Waals surface area contributed by atoms with Crippen LogP contribution in [-0.4, -0.2) is 72.9 Å². The normalized spacial score (nSPS) is 14.1. The number of hydrogen-bond acceptors (Lipinski definition) is 6. The molecule has 1 N–H and O–H groups in total. The van der Waals surface area contributed by atoms with E-state index in [0.29, 0.717) is 0 Å². The summed E-state index contributed by atoms with van der Waals surface area (Å²) in [5, 5.41) is -1.95. The minimum Gasteiger partial charge on any atom is -0.465 e. The van der Waals surface area contributed by atoms with Crippen LogP contribution < -0.4 is 0 Å². The first-order valence-electron chi connectivity index (χ1n) is 12.5. The van der Waals surface area contributed by atoms with Gasteiger partial charge in [-0.05, 0) is 24.7 Å². The Bertz CT molecular complexity index is 610. The maximum atomic E-state index is 12.4. The minimum absolute atomic E-state index is 0. The quantitative estimate of drug-likeness (QED) is 0.104. The van der Waals surface area contributed by atoms with Gasteiger partial charge in [0, 0.05) is 29.6 Å². The molecule has 3 unspecified atom stereocenters. The molecule has 0 rings (SSSR count). The van der Waals surface area contributed by atoms with E-state index in [1.54, 1.807) is 0 Å². The van der Waals surface area contributed by atoms with Gasteiger partial charge in [-0.15, -0.1) is 0 Å². The van der Waals surface area contributed by atoms with Crippen molar-refractivity contribution in [1.29, 1.82) is 0 Å². The second-order valence-corrected chi connectivity index (χ2v) is 10.4. The molecule has 0 spiro atoms. The van der Waals surface area contributed by atoms with Gasteiger partial charge in [0.1, 0.15) is 0 Å². The number of carbonyl (C=O) groups excluding carboxylic acids is 2. The van der Waals surface area contributed by atoms with Crippen LogP contribution in [0.4, 0.5) is 0 Å². The van der Waals surface area contributed by atoms with Crippen molar-refractivity contribution in [2.24, 2.45) is 11.8 Å². The molecule has 9 heteroatoms. The third kappa shape index (κ3) is 17.9. The van der Waals surface area contributed by atoms with Crippen LogP contribution in [-0.2, 0) is 29.2 Å².